The quantitative estimate of drug-likeness (QED) is 0.309. The second-order valence-electron chi connectivity index (χ2n) is 6.83. The number of carboxylic acid groups (broad SMARTS) is 1. The van der Waals surface area contributed by atoms with Crippen molar-refractivity contribution in [2.75, 3.05) is 6.61 Å². The predicted octanol–water partition coefficient (Wildman–Crippen LogP) is 2.56. The molecule has 174 valence electrons. The zero-order chi connectivity index (χ0) is 24.0. The van der Waals surface area contributed by atoms with Gasteiger partial charge in [-0.05, 0) is 49.7 Å². The lowest BCUT2D eigenvalue weighted by Gasteiger charge is -2.12. The highest BCUT2D eigenvalue weighted by Gasteiger charge is 2.32. The van der Waals surface area contributed by atoms with Crippen LogP contribution in [0.5, 0.6) is 11.5 Å². The third-order valence-corrected chi connectivity index (χ3v) is 6.59. The van der Waals surface area contributed by atoms with Gasteiger partial charge in [0.25, 0.3) is 0 Å². The van der Waals surface area contributed by atoms with Crippen LogP contribution in [-0.2, 0) is 19.7 Å². The predicted molar refractivity (Wildman–Crippen MR) is 123 cm³/mol. The van der Waals surface area contributed by atoms with E-state index in [0.717, 1.165) is 17.3 Å². The first-order valence-electron chi connectivity index (χ1n) is 9.76. The van der Waals surface area contributed by atoms with E-state index in [1.807, 2.05) is 6.92 Å². The number of carbonyl (C=O) groups excluding carboxylic acids is 1. The van der Waals surface area contributed by atoms with E-state index in [4.69, 9.17) is 14.0 Å². The minimum absolute atomic E-state index is 0.0225. The van der Waals surface area contributed by atoms with Crippen molar-refractivity contribution >= 4 is 45.1 Å². The molecule has 12 heteroatoms. The van der Waals surface area contributed by atoms with E-state index in [1.54, 1.807) is 31.2 Å². The molecule has 1 aliphatic heterocycles. The lowest BCUT2D eigenvalue weighted by Crippen LogP contribution is -2.26. The number of hydrogen-bond donors (Lipinski definition) is 2. The van der Waals surface area contributed by atoms with Crippen LogP contribution in [0.1, 0.15) is 24.5 Å². The van der Waals surface area contributed by atoms with Gasteiger partial charge in [0.15, 0.2) is 16.7 Å². The molecule has 1 heterocycles. The van der Waals surface area contributed by atoms with E-state index in [9.17, 15) is 18.0 Å². The van der Waals surface area contributed by atoms with E-state index in [0.29, 0.717) is 5.56 Å². The van der Waals surface area contributed by atoms with Gasteiger partial charge in [0.1, 0.15) is 10.1 Å². The third kappa shape index (κ3) is 6.56. The highest BCUT2D eigenvalue weighted by Crippen LogP contribution is 2.31. The molecular formula is C21H21N3O7S2. The summed E-state index contributed by atoms with van der Waals surface area (Å²) in [7, 11) is -4.05. The number of thioether (sulfide) groups is 1. The summed E-state index contributed by atoms with van der Waals surface area (Å²) in [4.78, 5) is 22.5. The lowest BCUT2D eigenvalue weighted by atomic mass is 10.2. The molecule has 2 aromatic carbocycles. The Balaban J connectivity index is 1.75. The van der Waals surface area contributed by atoms with Crippen molar-refractivity contribution < 1.29 is 32.0 Å². The highest BCUT2D eigenvalue weighted by atomic mass is 32.2. The monoisotopic (exact) mass is 491 g/mol. The van der Waals surface area contributed by atoms with Crippen molar-refractivity contribution in [3.05, 3.63) is 53.6 Å². The molecule has 2 aromatic rings. The van der Waals surface area contributed by atoms with Crippen LogP contribution in [0.4, 0.5) is 0 Å². The van der Waals surface area contributed by atoms with Gasteiger partial charge in [-0.2, -0.15) is 13.5 Å². The van der Waals surface area contributed by atoms with Gasteiger partial charge in [0, 0.05) is 0 Å². The normalized spacial score (nSPS) is 17.3. The average molecular weight is 492 g/mol. The Kier molecular flexibility index (Phi) is 7.71. The minimum atomic E-state index is -4.05. The molecule has 3 rings (SSSR count). The maximum absolute atomic E-state index is 12.6. The van der Waals surface area contributed by atoms with E-state index in [2.05, 4.69) is 15.5 Å². The number of nitrogens with one attached hydrogen (secondary N) is 1. The number of ether oxygens (including phenoxy) is 1. The van der Waals surface area contributed by atoms with Crippen LogP contribution in [0.3, 0.4) is 0 Å². The molecule has 0 saturated carbocycles. The number of carboxylic acids is 1. The largest absolute Gasteiger partial charge is 0.490 e. The molecule has 0 radical (unpaired) electrons. The van der Waals surface area contributed by atoms with Crippen molar-refractivity contribution in [2.45, 2.75) is 30.4 Å². The van der Waals surface area contributed by atoms with Crippen LogP contribution in [0.2, 0.25) is 0 Å². The molecular weight excluding hydrogens is 470 g/mol. The van der Waals surface area contributed by atoms with Crippen molar-refractivity contribution in [3.8, 4) is 11.5 Å². The minimum Gasteiger partial charge on any atom is -0.490 e. The fourth-order valence-corrected chi connectivity index (χ4v) is 4.56. The Hall–Kier alpha value is -3.38. The van der Waals surface area contributed by atoms with Gasteiger partial charge >= 0.3 is 16.1 Å². The maximum atomic E-state index is 12.6. The fourth-order valence-electron chi connectivity index (χ4n) is 2.71. The summed E-state index contributed by atoms with van der Waals surface area (Å²) >= 11 is 0.984. The van der Waals surface area contributed by atoms with Gasteiger partial charge in [-0.15, -0.1) is 5.10 Å². The topological polar surface area (TPSA) is 144 Å². The Morgan fingerprint density at radius 2 is 1.94 bits per heavy atom. The second-order valence-corrected chi connectivity index (χ2v) is 9.57. The number of amidine groups is 1. The molecule has 0 bridgehead atoms. The molecule has 33 heavy (non-hydrogen) atoms. The van der Waals surface area contributed by atoms with E-state index >= 15 is 0 Å². The van der Waals surface area contributed by atoms with Gasteiger partial charge in [0.2, 0.25) is 5.91 Å². The van der Waals surface area contributed by atoms with Gasteiger partial charge < -0.3 is 19.3 Å². The van der Waals surface area contributed by atoms with Gasteiger partial charge in [-0.25, -0.2) is 0 Å². The molecule has 1 unspecified atom stereocenters. The Labute approximate surface area is 194 Å². The van der Waals surface area contributed by atoms with Crippen LogP contribution in [0, 0.1) is 6.92 Å². The summed E-state index contributed by atoms with van der Waals surface area (Å²) in [5.41, 5.74) is 1.46. The van der Waals surface area contributed by atoms with Crippen molar-refractivity contribution in [1.82, 2.24) is 5.32 Å². The number of aliphatic carboxylic acids is 1. The van der Waals surface area contributed by atoms with E-state index in [1.165, 1.54) is 24.4 Å². The number of amides is 1. The number of hydrogen-bond acceptors (Lipinski definition) is 9. The average Bonchev–Trinajstić information content (AvgIpc) is 3.08. The summed E-state index contributed by atoms with van der Waals surface area (Å²) in [5, 5.41) is 18.5. The molecule has 1 amide bonds. The molecule has 10 nitrogen and oxygen atoms in total. The SMILES string of the molecule is CCOc1cc(C=NN=C2NC(=O)C(CC(=O)O)S2)ccc1OS(=O)(=O)c1ccc(C)cc1. The summed E-state index contributed by atoms with van der Waals surface area (Å²) < 4.78 is 36.0. The Morgan fingerprint density at radius 1 is 1.21 bits per heavy atom. The zero-order valence-corrected chi connectivity index (χ0v) is 19.4. The van der Waals surface area contributed by atoms with E-state index in [-0.39, 0.29) is 34.6 Å². The van der Waals surface area contributed by atoms with Crippen molar-refractivity contribution in [2.24, 2.45) is 10.2 Å². The second kappa shape index (κ2) is 10.5. The third-order valence-electron chi connectivity index (χ3n) is 4.27. The molecule has 2 N–H and O–H groups in total. The molecule has 1 saturated heterocycles. The Morgan fingerprint density at radius 3 is 2.61 bits per heavy atom. The van der Waals surface area contributed by atoms with Crippen LogP contribution < -0.4 is 14.2 Å². The Bertz CT molecular complexity index is 1210. The van der Waals surface area contributed by atoms with Crippen LogP contribution in [-0.4, -0.2) is 48.6 Å². The first kappa shape index (κ1) is 24.3. The van der Waals surface area contributed by atoms with Crippen LogP contribution >= 0.6 is 11.8 Å². The number of nitrogens with zero attached hydrogens (tertiary/aromatic N) is 2. The molecule has 0 spiro atoms. The number of carbonyl (C=O) groups is 2. The summed E-state index contributed by atoms with van der Waals surface area (Å²) in [5.74, 6) is -1.29. The summed E-state index contributed by atoms with van der Waals surface area (Å²) in [6, 6.07) is 10.8. The lowest BCUT2D eigenvalue weighted by molar-refractivity contribution is -0.138. The van der Waals surface area contributed by atoms with E-state index < -0.39 is 27.2 Å². The van der Waals surface area contributed by atoms with Crippen molar-refractivity contribution in [1.29, 1.82) is 0 Å². The molecule has 1 aliphatic rings. The summed E-state index contributed by atoms with van der Waals surface area (Å²) in [6.45, 7) is 3.87. The smallest absolute Gasteiger partial charge is 0.339 e. The molecule has 1 fully saturated rings. The van der Waals surface area contributed by atoms with Gasteiger partial charge in [-0.3, -0.25) is 9.59 Å². The molecule has 0 aliphatic carbocycles. The highest BCUT2D eigenvalue weighted by molar-refractivity contribution is 8.15. The summed E-state index contributed by atoms with van der Waals surface area (Å²) in [6.07, 6.45) is 1.06. The molecule has 1 atom stereocenters. The first-order valence-corrected chi connectivity index (χ1v) is 12.0. The van der Waals surface area contributed by atoms with Gasteiger partial charge in [0.05, 0.1) is 19.2 Å². The number of benzene rings is 2. The van der Waals surface area contributed by atoms with Crippen molar-refractivity contribution in [3.63, 3.8) is 0 Å². The maximum Gasteiger partial charge on any atom is 0.339 e. The fraction of sp³-hybridized carbons (Fsp3) is 0.238. The molecule has 0 aromatic heterocycles. The number of rotatable bonds is 9. The van der Waals surface area contributed by atoms with Crippen LogP contribution in [0.25, 0.3) is 0 Å². The number of aryl methyl sites for hydroxylation is 1. The zero-order valence-electron chi connectivity index (χ0n) is 17.7. The standard InChI is InChI=1S/C21H21N3O7S2/c1-3-30-17-10-14(12-22-24-21-23-20(27)18(32-21)11-19(25)26)6-9-16(17)31-33(28,29)15-7-4-13(2)5-8-15/h4-10,12,18H,3,11H2,1-2H3,(H,25,26)(H,23,24,27). The first-order chi connectivity index (χ1) is 15.7. The van der Waals surface area contributed by atoms with Gasteiger partial charge in [-0.1, -0.05) is 29.5 Å². The van der Waals surface area contributed by atoms with Crippen LogP contribution in [0.15, 0.2) is 57.6 Å².